The highest BCUT2D eigenvalue weighted by Gasteiger charge is 2.34. The molecule has 5 N–H and O–H groups in total. The number of aryl methyl sites for hydroxylation is 1. The Bertz CT molecular complexity index is 2910. The van der Waals surface area contributed by atoms with Crippen LogP contribution in [0.25, 0.3) is 53.9 Å². The van der Waals surface area contributed by atoms with Crippen molar-refractivity contribution in [1.29, 1.82) is 5.41 Å². The first kappa shape index (κ1) is 33.8. The SMILES string of the molecule is COc1c(OC)c2c(=O)c3cc(C)n(C(CC4CN(C)C(=N)N4)C(=O)O)c(=O)c3c(=O)c2c2cc3c(=O)c4cc(O)cc(O)c4c(=O)c3c(OC)c12. The maximum Gasteiger partial charge on any atom is 0.326 e. The molecular formula is C36H30N4O12. The molecular weight excluding hydrogens is 680 g/mol. The molecule has 16 heteroatoms. The number of hydrogen-bond donors (Lipinski definition) is 5. The van der Waals surface area contributed by atoms with Gasteiger partial charge in [0.05, 0.1) is 48.3 Å². The number of aromatic hydroxyl groups is 2. The number of methoxy groups -OCH3 is 3. The molecule has 1 aliphatic heterocycles. The predicted octanol–water partition coefficient (Wildman–Crippen LogP) is 1.53. The lowest BCUT2D eigenvalue weighted by molar-refractivity contribution is -0.141. The third-order valence-electron chi connectivity index (χ3n) is 9.80. The lowest BCUT2D eigenvalue weighted by Crippen LogP contribution is -2.39. The number of rotatable bonds is 7. The van der Waals surface area contributed by atoms with Crippen LogP contribution in [-0.4, -0.2) is 77.7 Å². The third kappa shape index (κ3) is 4.49. The van der Waals surface area contributed by atoms with E-state index in [0.717, 1.165) is 16.7 Å². The lowest BCUT2D eigenvalue weighted by Gasteiger charge is -2.22. The van der Waals surface area contributed by atoms with E-state index >= 15 is 0 Å². The number of ether oxygens (including phenoxy) is 3. The van der Waals surface area contributed by atoms with Gasteiger partial charge < -0.3 is 39.7 Å². The summed E-state index contributed by atoms with van der Waals surface area (Å²) in [4.78, 5) is 85.6. The van der Waals surface area contributed by atoms with Crippen LogP contribution in [0.5, 0.6) is 28.7 Å². The van der Waals surface area contributed by atoms with Gasteiger partial charge in [0.25, 0.3) is 5.56 Å². The minimum absolute atomic E-state index is 0.0680. The Morgan fingerprint density at radius 2 is 1.38 bits per heavy atom. The van der Waals surface area contributed by atoms with Gasteiger partial charge in [0.15, 0.2) is 28.3 Å². The Labute approximate surface area is 290 Å². The highest BCUT2D eigenvalue weighted by atomic mass is 16.5. The Kier molecular flexibility index (Phi) is 7.59. The molecule has 0 radical (unpaired) electrons. The number of aromatic nitrogens is 1. The molecule has 2 heterocycles. The van der Waals surface area contributed by atoms with E-state index in [1.807, 2.05) is 0 Å². The molecule has 7 rings (SSSR count). The second-order valence-corrected chi connectivity index (χ2v) is 12.7. The molecule has 2 atom stereocenters. The van der Waals surface area contributed by atoms with Gasteiger partial charge in [0, 0.05) is 64.7 Å². The zero-order chi connectivity index (χ0) is 37.7. The number of phenolic OH excluding ortho intramolecular Hbond substituents is 2. The fourth-order valence-electron chi connectivity index (χ4n) is 7.59. The molecule has 0 aliphatic carbocycles. The van der Waals surface area contributed by atoms with Crippen molar-refractivity contribution in [3.05, 3.63) is 81.2 Å². The molecule has 0 bridgehead atoms. The number of hydrogen-bond acceptors (Lipinski definition) is 12. The van der Waals surface area contributed by atoms with E-state index in [1.54, 1.807) is 11.9 Å². The fourth-order valence-corrected chi connectivity index (χ4v) is 7.59. The monoisotopic (exact) mass is 710 g/mol. The number of carboxylic acid groups (broad SMARTS) is 1. The van der Waals surface area contributed by atoms with Gasteiger partial charge in [-0.1, -0.05) is 0 Å². The topological polar surface area (TPSA) is 235 Å². The zero-order valence-electron chi connectivity index (χ0n) is 28.3. The van der Waals surface area contributed by atoms with Crippen LogP contribution in [0.1, 0.15) is 18.2 Å². The Balaban J connectivity index is 1.69. The summed E-state index contributed by atoms with van der Waals surface area (Å²) in [5.74, 6) is -3.09. The standard InChI is InChI=1S/C36H30N4O12/c1-12-6-16-24(34(47)40(12)19(35(48)49)7-13-11-39(2)36(37)38-13)30(46)22-15-10-18-23(29(45)21-17(27(18)43)8-14(41)9-20(21)42)31(50-3)25(15)32(51-4)33(52-5)26(22)28(16)44/h6,8-10,13,19,41-42H,7,11H2,1-5H3,(H2,37,38)(H,48,49). The van der Waals surface area contributed by atoms with Crippen molar-refractivity contribution < 1.29 is 34.3 Å². The number of aliphatic carboxylic acids is 1. The molecule has 5 aromatic carbocycles. The summed E-state index contributed by atoms with van der Waals surface area (Å²) in [5.41, 5.74) is -4.45. The molecule has 52 heavy (non-hydrogen) atoms. The van der Waals surface area contributed by atoms with E-state index in [9.17, 15) is 44.1 Å². The van der Waals surface area contributed by atoms with Crippen LogP contribution < -0.4 is 46.8 Å². The highest BCUT2D eigenvalue weighted by molar-refractivity contribution is 6.23. The fraction of sp³-hybridized carbons (Fsp3) is 0.250. The Hall–Kier alpha value is -6.71. The number of likely N-dealkylation sites (N-methyl/N-ethyl adjacent to an activating group) is 1. The number of guanidine groups is 1. The number of pyridine rings is 1. The minimum atomic E-state index is -1.50. The van der Waals surface area contributed by atoms with E-state index in [-0.39, 0.29) is 85.0 Å². The van der Waals surface area contributed by atoms with Crippen LogP contribution >= 0.6 is 0 Å². The molecule has 0 spiro atoms. The Morgan fingerprint density at radius 3 is 1.98 bits per heavy atom. The van der Waals surface area contributed by atoms with Crippen LogP contribution in [0.2, 0.25) is 0 Å². The van der Waals surface area contributed by atoms with E-state index < -0.39 is 67.6 Å². The van der Waals surface area contributed by atoms with Crippen molar-refractivity contribution in [2.45, 2.75) is 25.4 Å². The summed E-state index contributed by atoms with van der Waals surface area (Å²) in [6, 6.07) is 2.33. The molecule has 1 fully saturated rings. The van der Waals surface area contributed by atoms with Gasteiger partial charge in [-0.15, -0.1) is 0 Å². The number of benzene rings is 5. The molecule has 1 saturated heterocycles. The van der Waals surface area contributed by atoms with Gasteiger partial charge in [0.1, 0.15) is 23.3 Å². The summed E-state index contributed by atoms with van der Waals surface area (Å²) < 4.78 is 18.0. The first-order valence-corrected chi connectivity index (χ1v) is 15.8. The van der Waals surface area contributed by atoms with Gasteiger partial charge in [-0.2, -0.15) is 0 Å². The molecule has 1 aliphatic rings. The van der Waals surface area contributed by atoms with Crippen LogP contribution in [-0.2, 0) is 4.79 Å². The van der Waals surface area contributed by atoms with Gasteiger partial charge in [-0.3, -0.25) is 33.9 Å². The molecule has 266 valence electrons. The summed E-state index contributed by atoms with van der Waals surface area (Å²) in [6.45, 7) is 1.73. The van der Waals surface area contributed by atoms with Crippen molar-refractivity contribution >= 4 is 65.8 Å². The number of carboxylic acids is 1. The van der Waals surface area contributed by atoms with Crippen molar-refractivity contribution in [3.8, 4) is 28.7 Å². The van der Waals surface area contributed by atoms with E-state index in [4.69, 9.17) is 19.6 Å². The summed E-state index contributed by atoms with van der Waals surface area (Å²) in [6.07, 6.45) is -0.139. The zero-order valence-corrected chi connectivity index (χ0v) is 28.3. The minimum Gasteiger partial charge on any atom is -0.508 e. The van der Waals surface area contributed by atoms with Crippen molar-refractivity contribution in [1.82, 2.24) is 14.8 Å². The smallest absolute Gasteiger partial charge is 0.326 e. The summed E-state index contributed by atoms with van der Waals surface area (Å²) in [5, 5.41) is 38.8. The first-order chi connectivity index (χ1) is 24.7. The van der Waals surface area contributed by atoms with Crippen molar-refractivity contribution in [3.63, 3.8) is 0 Å². The molecule has 2 unspecified atom stereocenters. The molecule has 0 saturated carbocycles. The summed E-state index contributed by atoms with van der Waals surface area (Å²) >= 11 is 0. The van der Waals surface area contributed by atoms with Gasteiger partial charge >= 0.3 is 5.97 Å². The summed E-state index contributed by atoms with van der Waals surface area (Å²) in [7, 11) is 5.31. The molecule has 16 nitrogen and oxygen atoms in total. The largest absolute Gasteiger partial charge is 0.508 e. The van der Waals surface area contributed by atoms with E-state index in [2.05, 4.69) is 5.32 Å². The number of nitrogens with zero attached hydrogens (tertiary/aromatic N) is 2. The average molecular weight is 711 g/mol. The van der Waals surface area contributed by atoms with Crippen LogP contribution in [0, 0.1) is 12.3 Å². The molecule has 1 aromatic heterocycles. The van der Waals surface area contributed by atoms with Crippen molar-refractivity contribution in [2.24, 2.45) is 0 Å². The van der Waals surface area contributed by atoms with Gasteiger partial charge in [-0.05, 0) is 25.1 Å². The quantitative estimate of drug-likeness (QED) is 0.117. The first-order valence-electron chi connectivity index (χ1n) is 15.8. The van der Waals surface area contributed by atoms with Crippen LogP contribution in [0.15, 0.2) is 48.2 Å². The molecule has 0 amide bonds. The van der Waals surface area contributed by atoms with E-state index in [1.165, 1.54) is 40.4 Å². The average Bonchev–Trinajstić information content (AvgIpc) is 3.41. The Morgan fingerprint density at radius 1 is 0.788 bits per heavy atom. The van der Waals surface area contributed by atoms with Crippen molar-refractivity contribution in [2.75, 3.05) is 34.9 Å². The number of carbonyl (C=O) groups is 1. The number of nitrogens with one attached hydrogen (secondary N) is 2. The number of fused-ring (bicyclic) bond motifs is 6. The van der Waals surface area contributed by atoms with Gasteiger partial charge in [-0.25, -0.2) is 4.79 Å². The maximum absolute atomic E-state index is 14.7. The second kappa shape index (κ2) is 11.7. The second-order valence-electron chi connectivity index (χ2n) is 12.7. The maximum atomic E-state index is 14.7. The highest BCUT2D eigenvalue weighted by Crippen LogP contribution is 2.48. The van der Waals surface area contributed by atoms with Crippen LogP contribution in [0.3, 0.4) is 0 Å². The molecule has 6 aromatic rings. The van der Waals surface area contributed by atoms with Gasteiger partial charge in [0.2, 0.25) is 10.9 Å². The predicted molar refractivity (Wildman–Crippen MR) is 192 cm³/mol. The lowest BCUT2D eigenvalue weighted by atomic mass is 9.91. The normalized spacial score (nSPS) is 15.2. The van der Waals surface area contributed by atoms with E-state index in [0.29, 0.717) is 0 Å². The van der Waals surface area contributed by atoms with Crippen LogP contribution in [0.4, 0.5) is 0 Å². The third-order valence-corrected chi connectivity index (χ3v) is 9.80. The number of phenols is 2.